The monoisotopic (exact) mass is 273 g/mol. The second-order valence-electron chi connectivity index (χ2n) is 4.76. The minimum atomic E-state index is -2.97. The van der Waals surface area contributed by atoms with Gasteiger partial charge in [-0.3, -0.25) is 4.79 Å². The highest BCUT2D eigenvalue weighted by atomic mass is 32.2. The van der Waals surface area contributed by atoms with Gasteiger partial charge in [0.1, 0.15) is 9.84 Å². The fraction of sp³-hybridized carbons (Fsp3) is 0.545. The van der Waals surface area contributed by atoms with Gasteiger partial charge >= 0.3 is 0 Å². The Labute approximate surface area is 105 Å². The van der Waals surface area contributed by atoms with Gasteiger partial charge in [0.05, 0.1) is 5.75 Å². The van der Waals surface area contributed by atoms with Gasteiger partial charge in [0.25, 0.3) is 5.91 Å². The van der Waals surface area contributed by atoms with Gasteiger partial charge in [-0.15, -0.1) is 0 Å². The number of rotatable bonds is 5. The second kappa shape index (κ2) is 4.42. The number of sulfone groups is 1. The lowest BCUT2D eigenvalue weighted by Gasteiger charge is -2.14. The fourth-order valence-electron chi connectivity index (χ4n) is 1.87. The van der Waals surface area contributed by atoms with Crippen molar-refractivity contribution < 1.29 is 13.2 Å². The summed E-state index contributed by atoms with van der Waals surface area (Å²) in [7, 11) is -2.97. The van der Waals surface area contributed by atoms with Crippen molar-refractivity contribution >= 4 is 27.1 Å². The van der Waals surface area contributed by atoms with Crippen molar-refractivity contribution in [2.45, 2.75) is 12.8 Å². The van der Waals surface area contributed by atoms with E-state index in [-0.39, 0.29) is 17.1 Å². The quantitative estimate of drug-likeness (QED) is 0.879. The van der Waals surface area contributed by atoms with E-state index in [1.54, 1.807) is 11.4 Å². The molecule has 1 amide bonds. The molecule has 6 heteroatoms. The highest BCUT2D eigenvalue weighted by Gasteiger charge is 2.45. The first kappa shape index (κ1) is 12.6. The lowest BCUT2D eigenvalue weighted by atomic mass is 10.1. The van der Waals surface area contributed by atoms with Gasteiger partial charge in [0, 0.05) is 29.2 Å². The number of nitrogens with one attached hydrogen (secondary N) is 1. The Balaban J connectivity index is 1.89. The average molecular weight is 273 g/mol. The van der Waals surface area contributed by atoms with Gasteiger partial charge in [-0.25, -0.2) is 8.42 Å². The lowest BCUT2D eigenvalue weighted by Crippen LogP contribution is -2.33. The van der Waals surface area contributed by atoms with Crippen LogP contribution in [0.2, 0.25) is 0 Å². The summed E-state index contributed by atoms with van der Waals surface area (Å²) in [4.78, 5) is 11.7. The molecule has 4 nitrogen and oxygen atoms in total. The molecule has 0 atom stereocenters. The molecule has 94 valence electrons. The summed E-state index contributed by atoms with van der Waals surface area (Å²) in [6.45, 7) is 0.453. The highest BCUT2D eigenvalue weighted by molar-refractivity contribution is 7.90. The van der Waals surface area contributed by atoms with E-state index >= 15 is 0 Å². The zero-order chi connectivity index (χ0) is 12.5. The molecule has 1 aliphatic rings. The van der Waals surface area contributed by atoms with Gasteiger partial charge in [-0.05, 0) is 24.3 Å². The smallest absolute Gasteiger partial charge is 0.252 e. The molecular formula is C11H15NO3S2. The summed E-state index contributed by atoms with van der Waals surface area (Å²) in [6, 6.07) is 1.76. The molecule has 1 saturated carbocycles. The number of hydrogen-bond acceptors (Lipinski definition) is 4. The van der Waals surface area contributed by atoms with Crippen LogP contribution in [0.5, 0.6) is 0 Å². The van der Waals surface area contributed by atoms with Gasteiger partial charge in [0.2, 0.25) is 0 Å². The van der Waals surface area contributed by atoms with E-state index in [0.29, 0.717) is 12.1 Å². The summed E-state index contributed by atoms with van der Waals surface area (Å²) in [6.07, 6.45) is 3.00. The molecule has 0 bridgehead atoms. The van der Waals surface area contributed by atoms with Crippen molar-refractivity contribution in [3.8, 4) is 0 Å². The second-order valence-corrected chi connectivity index (χ2v) is 7.69. The minimum absolute atomic E-state index is 0.119. The summed E-state index contributed by atoms with van der Waals surface area (Å²) >= 11 is 1.47. The molecule has 17 heavy (non-hydrogen) atoms. The molecule has 0 unspecified atom stereocenters. The van der Waals surface area contributed by atoms with Crippen molar-refractivity contribution in [3.05, 3.63) is 22.4 Å². The van der Waals surface area contributed by atoms with Crippen LogP contribution in [-0.4, -0.2) is 32.9 Å². The topological polar surface area (TPSA) is 63.2 Å². The third-order valence-electron chi connectivity index (χ3n) is 2.93. The molecular weight excluding hydrogens is 258 g/mol. The average Bonchev–Trinajstić information content (AvgIpc) is 2.79. The van der Waals surface area contributed by atoms with Crippen molar-refractivity contribution in [2.75, 3.05) is 18.6 Å². The Morgan fingerprint density at radius 1 is 1.53 bits per heavy atom. The molecule has 0 aliphatic heterocycles. The van der Waals surface area contributed by atoms with Crippen LogP contribution in [0.15, 0.2) is 16.8 Å². The van der Waals surface area contributed by atoms with Crippen molar-refractivity contribution in [1.82, 2.24) is 5.32 Å². The van der Waals surface area contributed by atoms with Crippen LogP contribution >= 0.6 is 11.3 Å². The van der Waals surface area contributed by atoms with Gasteiger partial charge in [0.15, 0.2) is 0 Å². The number of amides is 1. The first-order valence-electron chi connectivity index (χ1n) is 5.38. The van der Waals surface area contributed by atoms with E-state index in [9.17, 15) is 13.2 Å². The summed E-state index contributed by atoms with van der Waals surface area (Å²) in [5.41, 5.74) is 0.435. The SMILES string of the molecule is CS(=O)(=O)CC1(CNC(=O)c2ccsc2)CC1. The van der Waals surface area contributed by atoms with E-state index in [0.717, 1.165) is 12.8 Å². The first-order chi connectivity index (χ1) is 7.90. The van der Waals surface area contributed by atoms with Gasteiger partial charge in [-0.1, -0.05) is 0 Å². The number of carbonyl (C=O) groups excluding carboxylic acids is 1. The van der Waals surface area contributed by atoms with Crippen molar-refractivity contribution in [1.29, 1.82) is 0 Å². The number of carbonyl (C=O) groups is 1. The largest absolute Gasteiger partial charge is 0.351 e. The normalized spacial score (nSPS) is 17.7. The number of hydrogen-bond donors (Lipinski definition) is 1. The maximum Gasteiger partial charge on any atom is 0.252 e. The lowest BCUT2D eigenvalue weighted by molar-refractivity contribution is 0.0946. The maximum absolute atomic E-state index is 11.7. The van der Waals surface area contributed by atoms with Crippen LogP contribution in [0.4, 0.5) is 0 Å². The van der Waals surface area contributed by atoms with Crippen LogP contribution < -0.4 is 5.32 Å². The zero-order valence-corrected chi connectivity index (χ0v) is 11.2. The predicted molar refractivity (Wildman–Crippen MR) is 68.0 cm³/mol. The van der Waals surface area contributed by atoms with Crippen molar-refractivity contribution in [2.24, 2.45) is 5.41 Å². The zero-order valence-electron chi connectivity index (χ0n) is 9.60. The minimum Gasteiger partial charge on any atom is -0.351 e. The van der Waals surface area contributed by atoms with E-state index in [1.807, 2.05) is 5.38 Å². The van der Waals surface area contributed by atoms with Gasteiger partial charge < -0.3 is 5.32 Å². The molecule has 1 aromatic heterocycles. The Bertz CT molecular complexity index is 501. The third-order valence-corrected chi connectivity index (χ3v) is 4.75. The molecule has 1 aliphatic carbocycles. The van der Waals surface area contributed by atoms with E-state index in [2.05, 4.69) is 5.32 Å². The Hall–Kier alpha value is -0.880. The van der Waals surface area contributed by atoms with E-state index in [1.165, 1.54) is 17.6 Å². The molecule has 0 spiro atoms. The standard InChI is InChI=1S/C11H15NO3S2/c1-17(14,15)8-11(3-4-11)7-12-10(13)9-2-5-16-6-9/h2,5-6H,3-4,7-8H2,1H3,(H,12,13). The maximum atomic E-state index is 11.7. The van der Waals surface area contributed by atoms with Crippen molar-refractivity contribution in [3.63, 3.8) is 0 Å². The molecule has 0 aromatic carbocycles. The number of thiophene rings is 1. The molecule has 0 radical (unpaired) electrons. The summed E-state index contributed by atoms with van der Waals surface area (Å²) in [5.74, 6) is 0.0511. The fourth-order valence-corrected chi connectivity index (χ4v) is 4.01. The van der Waals surface area contributed by atoms with E-state index in [4.69, 9.17) is 0 Å². The Morgan fingerprint density at radius 2 is 2.24 bits per heavy atom. The van der Waals surface area contributed by atoms with Crippen LogP contribution in [0.25, 0.3) is 0 Å². The summed E-state index contributed by atoms with van der Waals surface area (Å²) < 4.78 is 22.5. The first-order valence-corrected chi connectivity index (χ1v) is 8.39. The Kier molecular flexibility index (Phi) is 3.27. The molecule has 1 N–H and O–H groups in total. The van der Waals surface area contributed by atoms with Crippen LogP contribution in [0, 0.1) is 5.41 Å². The molecule has 1 heterocycles. The van der Waals surface area contributed by atoms with E-state index < -0.39 is 9.84 Å². The summed E-state index contributed by atoms with van der Waals surface area (Å²) in [5, 5.41) is 6.44. The third kappa shape index (κ3) is 3.54. The molecule has 1 aromatic rings. The Morgan fingerprint density at radius 3 is 2.71 bits per heavy atom. The molecule has 2 rings (SSSR count). The molecule has 1 fully saturated rings. The van der Waals surface area contributed by atoms with Gasteiger partial charge in [-0.2, -0.15) is 11.3 Å². The predicted octanol–water partition coefficient (Wildman–Crippen LogP) is 1.30. The van der Waals surface area contributed by atoms with Crippen LogP contribution in [0.3, 0.4) is 0 Å². The molecule has 0 saturated heterocycles. The highest BCUT2D eigenvalue weighted by Crippen LogP contribution is 2.46. The van der Waals surface area contributed by atoms with Crippen LogP contribution in [-0.2, 0) is 9.84 Å². The van der Waals surface area contributed by atoms with Crippen LogP contribution in [0.1, 0.15) is 23.2 Å².